The molecule has 0 heterocycles. The summed E-state index contributed by atoms with van der Waals surface area (Å²) in [5, 5.41) is 11.0. The highest BCUT2D eigenvalue weighted by Crippen LogP contribution is 2.34. The molecule has 0 aromatic heterocycles. The van der Waals surface area contributed by atoms with Crippen LogP contribution in [-0.2, 0) is 11.0 Å². The third-order valence-corrected chi connectivity index (χ3v) is 4.09. The van der Waals surface area contributed by atoms with Crippen molar-refractivity contribution in [1.82, 2.24) is 5.43 Å². The van der Waals surface area contributed by atoms with Crippen LogP contribution >= 0.6 is 0 Å². The number of benzene rings is 2. The van der Waals surface area contributed by atoms with Gasteiger partial charge in [0.1, 0.15) is 11.4 Å². The molecule has 1 amide bonds. The van der Waals surface area contributed by atoms with Crippen LogP contribution in [0.4, 0.5) is 24.5 Å². The third kappa shape index (κ3) is 6.98. The minimum Gasteiger partial charge on any atom is -0.494 e. The SMILES string of the molecule is CCCOc1ccc(C(=O)CCC(=O)NNc2ccc(C(F)(F)F)cc2[N+](=O)[O-])cc1. The largest absolute Gasteiger partial charge is 0.494 e. The summed E-state index contributed by atoms with van der Waals surface area (Å²) < 4.78 is 43.6. The van der Waals surface area contributed by atoms with Crippen molar-refractivity contribution in [3.63, 3.8) is 0 Å². The Balaban J connectivity index is 1.90. The molecule has 0 bridgehead atoms. The maximum absolute atomic E-state index is 12.7. The second-order valence-electron chi connectivity index (χ2n) is 6.46. The second-order valence-corrected chi connectivity index (χ2v) is 6.46. The van der Waals surface area contributed by atoms with E-state index in [1.165, 1.54) is 0 Å². The maximum atomic E-state index is 12.7. The Hall–Kier alpha value is -3.63. The number of hydrogen-bond acceptors (Lipinski definition) is 6. The molecule has 11 heteroatoms. The molecule has 2 rings (SSSR count). The van der Waals surface area contributed by atoms with E-state index >= 15 is 0 Å². The number of carbonyl (C=O) groups is 2. The molecule has 31 heavy (non-hydrogen) atoms. The number of nitrogens with one attached hydrogen (secondary N) is 2. The topological polar surface area (TPSA) is 111 Å². The molecule has 2 aromatic carbocycles. The molecule has 0 saturated carbocycles. The van der Waals surface area contributed by atoms with Crippen molar-refractivity contribution in [3.8, 4) is 5.75 Å². The van der Waals surface area contributed by atoms with Gasteiger partial charge in [-0.1, -0.05) is 6.92 Å². The van der Waals surface area contributed by atoms with Gasteiger partial charge in [0.25, 0.3) is 5.69 Å². The number of alkyl halides is 3. The highest BCUT2D eigenvalue weighted by molar-refractivity contribution is 5.98. The lowest BCUT2D eigenvalue weighted by molar-refractivity contribution is -0.384. The van der Waals surface area contributed by atoms with Crippen molar-refractivity contribution in [1.29, 1.82) is 0 Å². The Morgan fingerprint density at radius 1 is 1.10 bits per heavy atom. The summed E-state index contributed by atoms with van der Waals surface area (Å²) in [6, 6.07) is 8.31. The van der Waals surface area contributed by atoms with Crippen LogP contribution in [0, 0.1) is 10.1 Å². The Labute approximate surface area is 175 Å². The van der Waals surface area contributed by atoms with Crippen LogP contribution in [0.5, 0.6) is 5.75 Å². The maximum Gasteiger partial charge on any atom is 0.416 e. The van der Waals surface area contributed by atoms with Crippen LogP contribution in [-0.4, -0.2) is 23.2 Å². The minimum absolute atomic E-state index is 0.127. The molecule has 0 fully saturated rings. The lowest BCUT2D eigenvalue weighted by Gasteiger charge is -2.11. The van der Waals surface area contributed by atoms with Crippen molar-refractivity contribution in [2.24, 2.45) is 0 Å². The summed E-state index contributed by atoms with van der Waals surface area (Å²) in [5.41, 5.74) is 2.41. The molecule has 0 radical (unpaired) electrons. The van der Waals surface area contributed by atoms with Crippen molar-refractivity contribution >= 4 is 23.1 Å². The van der Waals surface area contributed by atoms with Gasteiger partial charge in [-0.15, -0.1) is 0 Å². The molecule has 2 N–H and O–H groups in total. The first-order chi connectivity index (χ1) is 14.6. The van der Waals surface area contributed by atoms with Crippen LogP contribution in [0.2, 0.25) is 0 Å². The van der Waals surface area contributed by atoms with Gasteiger partial charge in [0, 0.05) is 24.5 Å². The summed E-state index contributed by atoms with van der Waals surface area (Å²) in [6.45, 7) is 2.52. The normalized spacial score (nSPS) is 11.0. The number of ketones is 1. The number of amides is 1. The van der Waals surface area contributed by atoms with Crippen LogP contribution in [0.1, 0.15) is 42.1 Å². The van der Waals surface area contributed by atoms with E-state index in [4.69, 9.17) is 4.74 Å². The van der Waals surface area contributed by atoms with E-state index in [0.29, 0.717) is 30.1 Å². The summed E-state index contributed by atoms with van der Waals surface area (Å²) >= 11 is 0. The molecule has 0 saturated heterocycles. The summed E-state index contributed by atoms with van der Waals surface area (Å²) in [5.74, 6) is -0.332. The van der Waals surface area contributed by atoms with Gasteiger partial charge >= 0.3 is 6.18 Å². The Morgan fingerprint density at radius 2 is 1.77 bits per heavy atom. The highest BCUT2D eigenvalue weighted by atomic mass is 19.4. The molecular weight excluding hydrogens is 419 g/mol. The Bertz CT molecular complexity index is 946. The van der Waals surface area contributed by atoms with Gasteiger partial charge in [-0.25, -0.2) is 0 Å². The van der Waals surface area contributed by atoms with Crippen molar-refractivity contribution in [3.05, 3.63) is 63.7 Å². The van der Waals surface area contributed by atoms with Crippen LogP contribution in [0.25, 0.3) is 0 Å². The van der Waals surface area contributed by atoms with Gasteiger partial charge in [-0.2, -0.15) is 13.2 Å². The van der Waals surface area contributed by atoms with Crippen molar-refractivity contribution < 1.29 is 32.4 Å². The molecule has 0 unspecified atom stereocenters. The first-order valence-electron chi connectivity index (χ1n) is 9.28. The number of hydrazine groups is 1. The molecule has 0 atom stereocenters. The fraction of sp³-hybridized carbons (Fsp3) is 0.300. The molecule has 0 spiro atoms. The van der Waals surface area contributed by atoms with Crippen molar-refractivity contribution in [2.45, 2.75) is 32.4 Å². The minimum atomic E-state index is -4.74. The van der Waals surface area contributed by atoms with Gasteiger partial charge in [-0.3, -0.25) is 30.6 Å². The highest BCUT2D eigenvalue weighted by Gasteiger charge is 2.33. The summed E-state index contributed by atoms with van der Waals surface area (Å²) in [7, 11) is 0. The predicted molar refractivity (Wildman–Crippen MR) is 106 cm³/mol. The quantitative estimate of drug-likeness (QED) is 0.320. The van der Waals surface area contributed by atoms with E-state index < -0.39 is 28.3 Å². The third-order valence-electron chi connectivity index (χ3n) is 4.09. The number of nitrogens with zero attached hydrogens (tertiary/aromatic N) is 1. The number of nitro groups is 1. The standard InChI is InChI=1S/C20H20F3N3O5/c1-2-11-31-15-6-3-13(4-7-15)18(27)9-10-19(28)25-24-16-8-5-14(20(21,22)23)12-17(16)26(29)30/h3-8,12,24H,2,9-11H2,1H3,(H,25,28). The lowest BCUT2D eigenvalue weighted by Crippen LogP contribution is -2.30. The predicted octanol–water partition coefficient (Wildman–Crippen LogP) is 4.51. The molecule has 2 aromatic rings. The first kappa shape index (κ1) is 23.6. The van der Waals surface area contributed by atoms with E-state index in [1.54, 1.807) is 24.3 Å². The number of halogens is 3. The lowest BCUT2D eigenvalue weighted by atomic mass is 10.1. The number of ether oxygens (including phenoxy) is 1. The van der Waals surface area contributed by atoms with Crippen LogP contribution in [0.3, 0.4) is 0 Å². The van der Waals surface area contributed by atoms with E-state index in [0.717, 1.165) is 12.5 Å². The number of hydrogen-bond donors (Lipinski definition) is 2. The average Bonchev–Trinajstić information content (AvgIpc) is 2.74. The molecular formula is C20H20F3N3O5. The van der Waals surface area contributed by atoms with Gasteiger partial charge in [0.2, 0.25) is 5.91 Å². The fourth-order valence-corrected chi connectivity index (χ4v) is 2.49. The summed E-state index contributed by atoms with van der Waals surface area (Å²) in [6.07, 6.45) is -4.25. The molecule has 0 aliphatic carbocycles. The van der Waals surface area contributed by atoms with Gasteiger partial charge < -0.3 is 4.74 Å². The number of nitro benzene ring substituents is 1. The summed E-state index contributed by atoms with van der Waals surface area (Å²) in [4.78, 5) is 34.2. The Morgan fingerprint density at radius 3 is 2.35 bits per heavy atom. The molecule has 8 nitrogen and oxygen atoms in total. The number of rotatable bonds is 10. The average molecular weight is 439 g/mol. The number of anilines is 1. The number of Topliss-reactive ketones (excluding diaryl/α,β-unsaturated/α-hetero) is 1. The number of carbonyl (C=O) groups excluding carboxylic acids is 2. The Kier molecular flexibility index (Phi) is 7.94. The zero-order valence-electron chi connectivity index (χ0n) is 16.5. The molecule has 0 aliphatic rings. The van der Waals surface area contributed by atoms with E-state index in [-0.39, 0.29) is 24.3 Å². The first-order valence-corrected chi connectivity index (χ1v) is 9.28. The molecule has 0 aliphatic heterocycles. The van der Waals surface area contributed by atoms with Gasteiger partial charge in [-0.05, 0) is 42.8 Å². The monoisotopic (exact) mass is 439 g/mol. The van der Waals surface area contributed by atoms with Gasteiger partial charge in [0.15, 0.2) is 5.78 Å². The van der Waals surface area contributed by atoms with E-state index in [9.17, 15) is 32.9 Å². The zero-order chi connectivity index (χ0) is 23.0. The van der Waals surface area contributed by atoms with E-state index in [2.05, 4.69) is 10.9 Å². The zero-order valence-corrected chi connectivity index (χ0v) is 16.5. The van der Waals surface area contributed by atoms with Crippen LogP contribution < -0.4 is 15.6 Å². The smallest absolute Gasteiger partial charge is 0.416 e. The van der Waals surface area contributed by atoms with Gasteiger partial charge in [0.05, 0.1) is 17.1 Å². The van der Waals surface area contributed by atoms with Crippen LogP contribution in [0.15, 0.2) is 42.5 Å². The van der Waals surface area contributed by atoms with E-state index in [1.807, 2.05) is 6.92 Å². The van der Waals surface area contributed by atoms with Crippen molar-refractivity contribution in [2.75, 3.05) is 12.0 Å². The second kappa shape index (κ2) is 10.4. The molecule has 166 valence electrons. The fourth-order valence-electron chi connectivity index (χ4n) is 2.49.